The number of ether oxygens (including phenoxy) is 2. The van der Waals surface area contributed by atoms with Gasteiger partial charge in [-0.25, -0.2) is 8.78 Å². The molecule has 0 amide bonds. The van der Waals surface area contributed by atoms with Crippen LogP contribution in [0.15, 0.2) is 36.4 Å². The fourth-order valence-corrected chi connectivity index (χ4v) is 2.66. The number of thiocarbonyl (C=S) groups is 1. The highest BCUT2D eigenvalue weighted by atomic mass is 32.1. The summed E-state index contributed by atoms with van der Waals surface area (Å²) in [5.41, 5.74) is 0.619. The predicted molar refractivity (Wildman–Crippen MR) is 103 cm³/mol. The quantitative estimate of drug-likeness (QED) is 0.675. The number of benzene rings is 2. The monoisotopic (exact) mass is 380 g/mol. The maximum absolute atomic E-state index is 13.7. The standard InChI is InChI=1S/C19H22F2N2O2S/c1-4-24-16-10-9-13(11-17(16)25-5-2)12(3)22-19(26)23-18-14(20)7-6-8-15(18)21/h6-12H,4-5H2,1-3H3,(H2,22,23,26). The van der Waals surface area contributed by atoms with Gasteiger partial charge in [-0.3, -0.25) is 0 Å². The summed E-state index contributed by atoms with van der Waals surface area (Å²) in [5.74, 6) is -0.109. The van der Waals surface area contributed by atoms with Crippen LogP contribution in [0.5, 0.6) is 11.5 Å². The minimum absolute atomic E-state index is 0.119. The third kappa shape index (κ3) is 5.05. The summed E-state index contributed by atoms with van der Waals surface area (Å²) in [6.07, 6.45) is 0. The average molecular weight is 380 g/mol. The van der Waals surface area contributed by atoms with Crippen LogP contribution in [0, 0.1) is 11.6 Å². The van der Waals surface area contributed by atoms with E-state index in [4.69, 9.17) is 21.7 Å². The molecule has 0 spiro atoms. The maximum Gasteiger partial charge on any atom is 0.171 e. The summed E-state index contributed by atoms with van der Waals surface area (Å²) in [6.45, 7) is 6.73. The molecular formula is C19H22F2N2O2S. The van der Waals surface area contributed by atoms with Gasteiger partial charge in [0.1, 0.15) is 17.3 Å². The lowest BCUT2D eigenvalue weighted by atomic mass is 10.1. The van der Waals surface area contributed by atoms with Crippen molar-refractivity contribution in [3.63, 3.8) is 0 Å². The van der Waals surface area contributed by atoms with Crippen molar-refractivity contribution in [2.75, 3.05) is 18.5 Å². The van der Waals surface area contributed by atoms with E-state index in [-0.39, 0.29) is 16.8 Å². The van der Waals surface area contributed by atoms with Gasteiger partial charge in [-0.05, 0) is 62.8 Å². The van der Waals surface area contributed by atoms with Crippen molar-refractivity contribution < 1.29 is 18.3 Å². The Morgan fingerprint density at radius 1 is 1.04 bits per heavy atom. The molecule has 0 aromatic heterocycles. The summed E-state index contributed by atoms with van der Waals surface area (Å²) < 4.78 is 38.6. The van der Waals surface area contributed by atoms with Gasteiger partial charge in [-0.15, -0.1) is 0 Å². The van der Waals surface area contributed by atoms with Crippen molar-refractivity contribution in [1.82, 2.24) is 5.32 Å². The van der Waals surface area contributed by atoms with Crippen molar-refractivity contribution in [2.45, 2.75) is 26.8 Å². The molecule has 4 nitrogen and oxygen atoms in total. The Labute approximate surface area is 157 Å². The van der Waals surface area contributed by atoms with E-state index in [2.05, 4.69) is 10.6 Å². The van der Waals surface area contributed by atoms with E-state index >= 15 is 0 Å². The highest BCUT2D eigenvalue weighted by Gasteiger charge is 2.14. The van der Waals surface area contributed by atoms with Crippen LogP contribution in [-0.4, -0.2) is 18.3 Å². The van der Waals surface area contributed by atoms with Gasteiger partial charge in [0.05, 0.1) is 19.3 Å². The van der Waals surface area contributed by atoms with Crippen LogP contribution < -0.4 is 20.1 Å². The first-order valence-corrected chi connectivity index (χ1v) is 8.78. The first kappa shape index (κ1) is 19.9. The predicted octanol–water partition coefficient (Wildman–Crippen LogP) is 4.81. The molecule has 0 aliphatic carbocycles. The molecule has 2 rings (SSSR count). The normalized spacial score (nSPS) is 11.6. The molecule has 0 saturated carbocycles. The summed E-state index contributed by atoms with van der Waals surface area (Å²) in [5, 5.41) is 5.69. The molecule has 0 bridgehead atoms. The minimum Gasteiger partial charge on any atom is -0.490 e. The van der Waals surface area contributed by atoms with E-state index in [0.717, 1.165) is 17.7 Å². The number of rotatable bonds is 7. The molecule has 0 radical (unpaired) electrons. The second kappa shape index (κ2) is 9.33. The van der Waals surface area contributed by atoms with Gasteiger partial charge in [-0.1, -0.05) is 12.1 Å². The van der Waals surface area contributed by atoms with Gasteiger partial charge in [-0.2, -0.15) is 0 Å². The van der Waals surface area contributed by atoms with Gasteiger partial charge in [0, 0.05) is 0 Å². The van der Waals surface area contributed by atoms with Crippen molar-refractivity contribution in [1.29, 1.82) is 0 Å². The first-order valence-electron chi connectivity index (χ1n) is 8.37. The molecule has 140 valence electrons. The number of para-hydroxylation sites is 1. The lowest BCUT2D eigenvalue weighted by molar-refractivity contribution is 0.287. The molecule has 0 fully saturated rings. The van der Waals surface area contributed by atoms with Crippen molar-refractivity contribution in [3.8, 4) is 11.5 Å². The Morgan fingerprint density at radius 2 is 1.65 bits per heavy atom. The third-order valence-electron chi connectivity index (χ3n) is 3.62. The van der Waals surface area contributed by atoms with Gasteiger partial charge >= 0.3 is 0 Å². The molecule has 0 heterocycles. The SMILES string of the molecule is CCOc1ccc(C(C)NC(=S)Nc2c(F)cccc2F)cc1OCC. The molecule has 2 aromatic rings. The van der Waals surface area contributed by atoms with Gasteiger partial charge in [0.15, 0.2) is 16.6 Å². The Kier molecular flexibility index (Phi) is 7.15. The number of anilines is 1. The zero-order chi connectivity index (χ0) is 19.1. The highest BCUT2D eigenvalue weighted by molar-refractivity contribution is 7.80. The Morgan fingerprint density at radius 3 is 2.27 bits per heavy atom. The zero-order valence-electron chi connectivity index (χ0n) is 14.9. The maximum atomic E-state index is 13.7. The van der Waals surface area contributed by atoms with E-state index < -0.39 is 11.6 Å². The van der Waals surface area contributed by atoms with E-state index in [1.54, 1.807) is 0 Å². The van der Waals surface area contributed by atoms with Crippen molar-refractivity contribution in [3.05, 3.63) is 53.6 Å². The number of hydrogen-bond acceptors (Lipinski definition) is 3. The van der Waals surface area contributed by atoms with E-state index in [1.165, 1.54) is 6.07 Å². The topological polar surface area (TPSA) is 42.5 Å². The van der Waals surface area contributed by atoms with Crippen LogP contribution in [0.3, 0.4) is 0 Å². The van der Waals surface area contributed by atoms with Crippen molar-refractivity contribution in [2.24, 2.45) is 0 Å². The largest absolute Gasteiger partial charge is 0.490 e. The molecule has 2 aromatic carbocycles. The molecule has 7 heteroatoms. The summed E-state index contributed by atoms with van der Waals surface area (Å²) in [6, 6.07) is 8.99. The van der Waals surface area contributed by atoms with Crippen LogP contribution in [0.4, 0.5) is 14.5 Å². The van der Waals surface area contributed by atoms with E-state index in [9.17, 15) is 8.78 Å². The molecule has 0 aliphatic rings. The molecule has 26 heavy (non-hydrogen) atoms. The number of hydrogen-bond donors (Lipinski definition) is 2. The smallest absolute Gasteiger partial charge is 0.171 e. The molecule has 2 N–H and O–H groups in total. The second-order valence-electron chi connectivity index (χ2n) is 5.49. The van der Waals surface area contributed by atoms with Crippen LogP contribution >= 0.6 is 12.2 Å². The lowest BCUT2D eigenvalue weighted by Crippen LogP contribution is -2.31. The summed E-state index contributed by atoms with van der Waals surface area (Å²) in [7, 11) is 0. The van der Waals surface area contributed by atoms with Crippen LogP contribution in [0.1, 0.15) is 32.4 Å². The van der Waals surface area contributed by atoms with Gasteiger partial charge < -0.3 is 20.1 Å². The van der Waals surface area contributed by atoms with E-state index in [1.807, 2.05) is 39.0 Å². The Hall–Kier alpha value is -2.41. The summed E-state index contributed by atoms with van der Waals surface area (Å²) in [4.78, 5) is 0. The van der Waals surface area contributed by atoms with Gasteiger partial charge in [0.25, 0.3) is 0 Å². The van der Waals surface area contributed by atoms with E-state index in [0.29, 0.717) is 24.7 Å². The second-order valence-corrected chi connectivity index (χ2v) is 5.90. The minimum atomic E-state index is -0.707. The summed E-state index contributed by atoms with van der Waals surface area (Å²) >= 11 is 5.17. The Balaban J connectivity index is 2.10. The molecular weight excluding hydrogens is 358 g/mol. The lowest BCUT2D eigenvalue weighted by Gasteiger charge is -2.19. The fourth-order valence-electron chi connectivity index (χ4n) is 2.38. The van der Waals surface area contributed by atoms with Crippen molar-refractivity contribution >= 4 is 23.0 Å². The molecule has 0 aliphatic heterocycles. The zero-order valence-corrected chi connectivity index (χ0v) is 15.8. The third-order valence-corrected chi connectivity index (χ3v) is 3.84. The van der Waals surface area contributed by atoms with Crippen LogP contribution in [0.25, 0.3) is 0 Å². The van der Waals surface area contributed by atoms with Gasteiger partial charge in [0.2, 0.25) is 0 Å². The molecule has 0 saturated heterocycles. The molecule has 1 atom stereocenters. The first-order chi connectivity index (χ1) is 12.5. The fraction of sp³-hybridized carbons (Fsp3) is 0.316. The highest BCUT2D eigenvalue weighted by Crippen LogP contribution is 2.30. The number of halogens is 2. The van der Waals surface area contributed by atoms with Crippen LogP contribution in [0.2, 0.25) is 0 Å². The van der Waals surface area contributed by atoms with Crippen LogP contribution in [-0.2, 0) is 0 Å². The molecule has 1 unspecified atom stereocenters. The Bertz CT molecular complexity index is 751. The average Bonchev–Trinajstić information content (AvgIpc) is 2.60. The number of nitrogens with one attached hydrogen (secondary N) is 2.